The highest BCUT2D eigenvalue weighted by Gasteiger charge is 2.26. The SMILES string of the molecule is CC(C)(C)CC(C)(C)c1ccc(/N=N/c2ccccc2)cc1. The van der Waals surface area contributed by atoms with E-state index in [0.717, 1.165) is 17.8 Å². The summed E-state index contributed by atoms with van der Waals surface area (Å²) in [7, 11) is 0. The molecule has 2 heteroatoms. The summed E-state index contributed by atoms with van der Waals surface area (Å²) in [5, 5.41) is 8.55. The molecule has 0 N–H and O–H groups in total. The van der Waals surface area contributed by atoms with Crippen LogP contribution in [0.5, 0.6) is 0 Å². The van der Waals surface area contributed by atoms with Crippen molar-refractivity contribution in [2.24, 2.45) is 15.6 Å². The first kappa shape index (κ1) is 16.4. The molecule has 2 rings (SSSR count). The first-order valence-corrected chi connectivity index (χ1v) is 7.84. The van der Waals surface area contributed by atoms with Crippen LogP contribution in [0.1, 0.15) is 46.6 Å². The number of nitrogens with zero attached hydrogens (tertiary/aromatic N) is 2. The summed E-state index contributed by atoms with van der Waals surface area (Å²) < 4.78 is 0. The second kappa shape index (κ2) is 6.43. The molecule has 0 aliphatic carbocycles. The van der Waals surface area contributed by atoms with Crippen LogP contribution in [0, 0.1) is 5.41 Å². The van der Waals surface area contributed by atoms with Crippen molar-refractivity contribution in [2.75, 3.05) is 0 Å². The van der Waals surface area contributed by atoms with E-state index in [1.165, 1.54) is 5.56 Å². The quantitative estimate of drug-likeness (QED) is 0.553. The standard InChI is InChI=1S/C20H26N2/c1-19(2,3)15-20(4,5)16-11-13-18(14-12-16)22-21-17-9-7-6-8-10-17/h6-14H,15H2,1-5H3/b22-21+. The second-order valence-corrected chi connectivity index (χ2v) is 7.70. The molecule has 2 nitrogen and oxygen atoms in total. The fourth-order valence-corrected chi connectivity index (χ4v) is 3.02. The number of hydrogen-bond donors (Lipinski definition) is 0. The highest BCUT2D eigenvalue weighted by Crippen LogP contribution is 2.36. The predicted octanol–water partition coefficient (Wildman–Crippen LogP) is 6.82. The van der Waals surface area contributed by atoms with Gasteiger partial charge in [0.25, 0.3) is 0 Å². The van der Waals surface area contributed by atoms with Crippen molar-refractivity contribution in [2.45, 2.75) is 46.5 Å². The Balaban J connectivity index is 2.12. The molecule has 0 atom stereocenters. The Morgan fingerprint density at radius 1 is 0.682 bits per heavy atom. The van der Waals surface area contributed by atoms with Gasteiger partial charge in [0, 0.05) is 0 Å². The maximum Gasteiger partial charge on any atom is 0.0857 e. The monoisotopic (exact) mass is 294 g/mol. The van der Waals surface area contributed by atoms with E-state index in [0.29, 0.717) is 5.41 Å². The first-order chi connectivity index (χ1) is 10.3. The average Bonchev–Trinajstić information content (AvgIpc) is 2.44. The Bertz CT molecular complexity index is 617. The van der Waals surface area contributed by atoms with Crippen LogP contribution >= 0.6 is 0 Å². The van der Waals surface area contributed by atoms with Gasteiger partial charge in [-0.25, -0.2) is 0 Å². The molecule has 0 heterocycles. The van der Waals surface area contributed by atoms with Gasteiger partial charge in [-0.15, -0.1) is 0 Å². The lowest BCUT2D eigenvalue weighted by molar-refractivity contribution is 0.284. The zero-order valence-electron chi connectivity index (χ0n) is 14.3. The highest BCUT2D eigenvalue weighted by molar-refractivity contribution is 5.42. The summed E-state index contributed by atoms with van der Waals surface area (Å²) >= 11 is 0. The number of hydrogen-bond acceptors (Lipinski definition) is 2. The van der Waals surface area contributed by atoms with Gasteiger partial charge in [0.05, 0.1) is 11.4 Å². The van der Waals surface area contributed by atoms with E-state index in [9.17, 15) is 0 Å². The minimum atomic E-state index is 0.160. The predicted molar refractivity (Wildman–Crippen MR) is 94.2 cm³/mol. The van der Waals surface area contributed by atoms with Crippen LogP contribution in [-0.2, 0) is 5.41 Å². The molecule has 0 aliphatic rings. The van der Waals surface area contributed by atoms with Crippen molar-refractivity contribution in [3.63, 3.8) is 0 Å². The van der Waals surface area contributed by atoms with Crippen LogP contribution in [0.2, 0.25) is 0 Å². The topological polar surface area (TPSA) is 24.7 Å². The van der Waals surface area contributed by atoms with Crippen molar-refractivity contribution in [1.29, 1.82) is 0 Å². The third kappa shape index (κ3) is 4.80. The van der Waals surface area contributed by atoms with Crippen LogP contribution < -0.4 is 0 Å². The molecule has 2 aromatic rings. The minimum absolute atomic E-state index is 0.160. The number of rotatable bonds is 4. The maximum absolute atomic E-state index is 4.30. The van der Waals surface area contributed by atoms with Crippen LogP contribution in [0.15, 0.2) is 64.8 Å². The van der Waals surface area contributed by atoms with Gasteiger partial charge >= 0.3 is 0 Å². The Kier molecular flexibility index (Phi) is 4.80. The van der Waals surface area contributed by atoms with Crippen LogP contribution in [0.3, 0.4) is 0 Å². The summed E-state index contributed by atoms with van der Waals surface area (Å²) in [5.41, 5.74) is 3.59. The molecule has 0 radical (unpaired) electrons. The molecule has 0 saturated heterocycles. The van der Waals surface area contributed by atoms with E-state index in [1.807, 2.05) is 42.5 Å². The van der Waals surface area contributed by atoms with E-state index in [-0.39, 0.29) is 5.41 Å². The van der Waals surface area contributed by atoms with Crippen LogP contribution in [0.25, 0.3) is 0 Å². The van der Waals surface area contributed by atoms with Gasteiger partial charge in [0.15, 0.2) is 0 Å². The molecule has 0 aromatic heterocycles. The first-order valence-electron chi connectivity index (χ1n) is 7.84. The molecule has 0 spiro atoms. The van der Waals surface area contributed by atoms with E-state index < -0.39 is 0 Å². The smallest absolute Gasteiger partial charge is 0.0857 e. The summed E-state index contributed by atoms with van der Waals surface area (Å²) in [6.45, 7) is 11.5. The maximum atomic E-state index is 4.30. The molecule has 0 aliphatic heterocycles. The van der Waals surface area contributed by atoms with Gasteiger partial charge in [-0.2, -0.15) is 10.2 Å². The molecule has 116 valence electrons. The molecule has 0 amide bonds. The average molecular weight is 294 g/mol. The normalized spacial score (nSPS) is 12.8. The Morgan fingerprint density at radius 3 is 1.68 bits per heavy atom. The Hall–Kier alpha value is -1.96. The van der Waals surface area contributed by atoms with Gasteiger partial charge in [-0.1, -0.05) is 65.0 Å². The lowest BCUT2D eigenvalue weighted by Gasteiger charge is -2.33. The minimum Gasteiger partial charge on any atom is -0.151 e. The Labute approximate surface area is 134 Å². The summed E-state index contributed by atoms with van der Waals surface area (Å²) in [6, 6.07) is 18.2. The molecule has 0 saturated carbocycles. The fourth-order valence-electron chi connectivity index (χ4n) is 3.02. The van der Waals surface area contributed by atoms with Gasteiger partial charge in [0.1, 0.15) is 0 Å². The number of azo groups is 1. The number of benzene rings is 2. The van der Waals surface area contributed by atoms with Crippen molar-refractivity contribution < 1.29 is 0 Å². The van der Waals surface area contributed by atoms with E-state index in [4.69, 9.17) is 0 Å². The van der Waals surface area contributed by atoms with Gasteiger partial charge in [-0.3, -0.25) is 0 Å². The summed E-state index contributed by atoms with van der Waals surface area (Å²) in [6.07, 6.45) is 1.14. The molecule has 0 fully saturated rings. The lowest BCUT2D eigenvalue weighted by Crippen LogP contribution is -2.24. The van der Waals surface area contributed by atoms with Crippen molar-refractivity contribution >= 4 is 11.4 Å². The molecule has 2 aromatic carbocycles. The van der Waals surface area contributed by atoms with E-state index in [2.05, 4.69) is 57.0 Å². The van der Waals surface area contributed by atoms with Gasteiger partial charge in [0.2, 0.25) is 0 Å². The van der Waals surface area contributed by atoms with E-state index >= 15 is 0 Å². The zero-order valence-corrected chi connectivity index (χ0v) is 14.3. The third-order valence-electron chi connectivity index (χ3n) is 3.66. The largest absolute Gasteiger partial charge is 0.151 e. The zero-order chi connectivity index (χ0) is 16.2. The Morgan fingerprint density at radius 2 is 1.18 bits per heavy atom. The lowest BCUT2D eigenvalue weighted by atomic mass is 9.72. The van der Waals surface area contributed by atoms with Crippen LogP contribution in [0.4, 0.5) is 11.4 Å². The fraction of sp³-hybridized carbons (Fsp3) is 0.400. The summed E-state index contributed by atoms with van der Waals surface area (Å²) in [4.78, 5) is 0. The van der Waals surface area contributed by atoms with Crippen molar-refractivity contribution in [1.82, 2.24) is 0 Å². The van der Waals surface area contributed by atoms with Crippen molar-refractivity contribution in [3.05, 3.63) is 60.2 Å². The van der Waals surface area contributed by atoms with Gasteiger partial charge < -0.3 is 0 Å². The molecule has 22 heavy (non-hydrogen) atoms. The van der Waals surface area contributed by atoms with E-state index in [1.54, 1.807) is 0 Å². The molecule has 0 unspecified atom stereocenters. The molecular weight excluding hydrogens is 268 g/mol. The second-order valence-electron chi connectivity index (χ2n) is 7.70. The summed E-state index contributed by atoms with van der Waals surface area (Å²) in [5.74, 6) is 0. The molecule has 0 bridgehead atoms. The highest BCUT2D eigenvalue weighted by atomic mass is 15.1. The van der Waals surface area contributed by atoms with Crippen LogP contribution in [-0.4, -0.2) is 0 Å². The van der Waals surface area contributed by atoms with Crippen molar-refractivity contribution in [3.8, 4) is 0 Å². The molecular formula is C20H26N2. The van der Waals surface area contributed by atoms with Gasteiger partial charge in [-0.05, 0) is 47.1 Å². The third-order valence-corrected chi connectivity index (χ3v) is 3.66.